The van der Waals surface area contributed by atoms with E-state index in [9.17, 15) is 14.7 Å². The van der Waals surface area contributed by atoms with Crippen LogP contribution in [-0.2, 0) is 14.3 Å². The van der Waals surface area contributed by atoms with Crippen molar-refractivity contribution in [3.8, 4) is 0 Å². The number of carboxylic acid groups (broad SMARTS) is 1. The number of hydrogen-bond acceptors (Lipinski definition) is 3. The fourth-order valence-electron chi connectivity index (χ4n) is 2.03. The minimum atomic E-state index is -1.12. The van der Waals surface area contributed by atoms with Crippen molar-refractivity contribution >= 4 is 11.9 Å². The molecular weight excluding hydrogens is 222 g/mol. The average Bonchev–Trinajstić information content (AvgIpc) is 2.53. The molecule has 5 heteroatoms. The Balaban J connectivity index is 2.47. The van der Waals surface area contributed by atoms with Gasteiger partial charge in [-0.05, 0) is 6.92 Å². The highest BCUT2D eigenvalue weighted by molar-refractivity contribution is 6.07. The van der Waals surface area contributed by atoms with Gasteiger partial charge in [-0.3, -0.25) is 9.69 Å². The second-order valence-electron chi connectivity index (χ2n) is 5.12. The second kappa shape index (κ2) is 3.35. The first kappa shape index (κ1) is 11.7. The van der Waals surface area contributed by atoms with Gasteiger partial charge in [0.25, 0.3) is 5.91 Å². The molecule has 1 fully saturated rings. The lowest BCUT2D eigenvalue weighted by molar-refractivity contribution is -0.147. The van der Waals surface area contributed by atoms with E-state index in [2.05, 4.69) is 0 Å². The smallest absolute Gasteiger partial charge is 0.356 e. The standard InChI is InChI=1S/C12H15NO4/c1-5-6-9(14)13-7(11(15)16)8(12(2,3)4)17-10(6)13/h5,10H,1-4H3,(H,15,16)/t10-/m0/s1. The number of β-lactam (4-membered cyclic amide) rings is 1. The lowest BCUT2D eigenvalue weighted by atomic mass is 9.92. The molecule has 0 aromatic carbocycles. The summed E-state index contributed by atoms with van der Waals surface area (Å²) in [5, 5.41) is 9.19. The molecule has 0 unspecified atom stereocenters. The van der Waals surface area contributed by atoms with Crippen molar-refractivity contribution in [2.24, 2.45) is 5.41 Å². The lowest BCUT2D eigenvalue weighted by Gasteiger charge is -2.35. The quantitative estimate of drug-likeness (QED) is 0.554. The molecule has 0 aromatic rings. The van der Waals surface area contributed by atoms with Gasteiger partial charge >= 0.3 is 5.97 Å². The normalized spacial score (nSPS) is 25.9. The first-order valence-corrected chi connectivity index (χ1v) is 5.43. The Bertz CT molecular complexity index is 467. The van der Waals surface area contributed by atoms with E-state index < -0.39 is 17.6 Å². The Morgan fingerprint density at radius 1 is 1.47 bits per heavy atom. The van der Waals surface area contributed by atoms with Gasteiger partial charge in [0.15, 0.2) is 5.70 Å². The number of hydrogen-bond donors (Lipinski definition) is 1. The Kier molecular flexibility index (Phi) is 2.31. The highest BCUT2D eigenvalue weighted by atomic mass is 16.5. The molecule has 17 heavy (non-hydrogen) atoms. The highest BCUT2D eigenvalue weighted by Crippen LogP contribution is 2.45. The van der Waals surface area contributed by atoms with Gasteiger partial charge in [0.1, 0.15) is 5.76 Å². The van der Waals surface area contributed by atoms with Gasteiger partial charge < -0.3 is 9.84 Å². The fraction of sp³-hybridized carbons (Fsp3) is 0.500. The van der Waals surface area contributed by atoms with Crippen LogP contribution in [0.5, 0.6) is 0 Å². The van der Waals surface area contributed by atoms with Crippen LogP contribution in [0, 0.1) is 5.41 Å². The summed E-state index contributed by atoms with van der Waals surface area (Å²) in [4.78, 5) is 24.2. The molecule has 0 aliphatic carbocycles. The molecule has 2 heterocycles. The number of allylic oxidation sites excluding steroid dienone is 2. The maximum atomic E-state index is 11.7. The van der Waals surface area contributed by atoms with Crippen LogP contribution in [0.3, 0.4) is 0 Å². The molecule has 0 aromatic heterocycles. The van der Waals surface area contributed by atoms with E-state index >= 15 is 0 Å². The van der Waals surface area contributed by atoms with Gasteiger partial charge in [-0.2, -0.15) is 0 Å². The molecule has 92 valence electrons. The summed E-state index contributed by atoms with van der Waals surface area (Å²) in [6, 6.07) is 0. The van der Waals surface area contributed by atoms with E-state index in [1.165, 1.54) is 4.90 Å². The van der Waals surface area contributed by atoms with Crippen molar-refractivity contribution < 1.29 is 19.4 Å². The molecule has 1 saturated heterocycles. The zero-order valence-corrected chi connectivity index (χ0v) is 10.3. The first-order valence-electron chi connectivity index (χ1n) is 5.43. The minimum Gasteiger partial charge on any atom is -0.476 e. The molecule has 0 bridgehead atoms. The van der Waals surface area contributed by atoms with Crippen LogP contribution in [0.4, 0.5) is 0 Å². The Morgan fingerprint density at radius 2 is 2.06 bits per heavy atom. The van der Waals surface area contributed by atoms with E-state index in [4.69, 9.17) is 4.74 Å². The van der Waals surface area contributed by atoms with E-state index in [0.29, 0.717) is 11.3 Å². The summed E-state index contributed by atoms with van der Waals surface area (Å²) in [5.74, 6) is -1.05. The molecule has 5 nitrogen and oxygen atoms in total. The average molecular weight is 237 g/mol. The number of fused-ring (bicyclic) bond motifs is 1. The SMILES string of the molecule is CC=C1C(=O)N2C(C(=O)O)=C(C(C)(C)C)O[C@@H]12. The minimum absolute atomic E-state index is 0.0295. The Hall–Kier alpha value is -1.78. The van der Waals surface area contributed by atoms with E-state index in [-0.39, 0.29) is 11.6 Å². The monoisotopic (exact) mass is 237 g/mol. The number of aliphatic carboxylic acids is 1. The van der Waals surface area contributed by atoms with Crippen molar-refractivity contribution in [2.75, 3.05) is 0 Å². The maximum Gasteiger partial charge on any atom is 0.356 e. The van der Waals surface area contributed by atoms with Crippen molar-refractivity contribution in [1.82, 2.24) is 4.90 Å². The summed E-state index contributed by atoms with van der Waals surface area (Å²) in [5.41, 5.74) is 0.0468. The van der Waals surface area contributed by atoms with Crippen molar-refractivity contribution in [2.45, 2.75) is 33.9 Å². The van der Waals surface area contributed by atoms with Gasteiger partial charge in [0.05, 0.1) is 5.57 Å². The van der Waals surface area contributed by atoms with Crippen LogP contribution in [0.1, 0.15) is 27.7 Å². The molecule has 2 rings (SSSR count). The van der Waals surface area contributed by atoms with Crippen LogP contribution < -0.4 is 0 Å². The number of amides is 1. The fourth-order valence-corrected chi connectivity index (χ4v) is 2.03. The number of carboxylic acids is 1. The molecule has 0 saturated carbocycles. The largest absolute Gasteiger partial charge is 0.476 e. The first-order chi connectivity index (χ1) is 7.79. The summed E-state index contributed by atoms with van der Waals surface area (Å²) in [7, 11) is 0. The highest BCUT2D eigenvalue weighted by Gasteiger charge is 2.55. The number of nitrogens with zero attached hydrogens (tertiary/aromatic N) is 1. The lowest BCUT2D eigenvalue weighted by Crippen LogP contribution is -2.52. The molecule has 0 radical (unpaired) electrons. The molecule has 1 atom stereocenters. The van der Waals surface area contributed by atoms with E-state index in [1.54, 1.807) is 13.0 Å². The predicted octanol–water partition coefficient (Wildman–Crippen LogP) is 1.47. The summed E-state index contributed by atoms with van der Waals surface area (Å²) >= 11 is 0. The van der Waals surface area contributed by atoms with Crippen LogP contribution in [0.15, 0.2) is 23.1 Å². The van der Waals surface area contributed by atoms with Crippen LogP contribution in [0.25, 0.3) is 0 Å². The van der Waals surface area contributed by atoms with Crippen LogP contribution in [0.2, 0.25) is 0 Å². The van der Waals surface area contributed by atoms with Crippen molar-refractivity contribution in [3.63, 3.8) is 0 Å². The zero-order chi connectivity index (χ0) is 13.0. The van der Waals surface area contributed by atoms with Crippen LogP contribution in [-0.4, -0.2) is 28.1 Å². The van der Waals surface area contributed by atoms with Crippen LogP contribution >= 0.6 is 0 Å². The summed E-state index contributed by atoms with van der Waals surface area (Å²) in [6.45, 7) is 7.31. The molecule has 2 aliphatic rings. The Morgan fingerprint density at radius 3 is 2.47 bits per heavy atom. The van der Waals surface area contributed by atoms with E-state index in [0.717, 1.165) is 0 Å². The van der Waals surface area contributed by atoms with Gasteiger partial charge in [0, 0.05) is 5.41 Å². The van der Waals surface area contributed by atoms with Gasteiger partial charge in [-0.1, -0.05) is 26.8 Å². The second-order valence-corrected chi connectivity index (χ2v) is 5.12. The van der Waals surface area contributed by atoms with Gasteiger partial charge in [-0.25, -0.2) is 4.79 Å². The topological polar surface area (TPSA) is 66.8 Å². The third-order valence-corrected chi connectivity index (χ3v) is 2.85. The number of carbonyl (C=O) groups is 2. The molecule has 1 N–H and O–H groups in total. The third-order valence-electron chi connectivity index (χ3n) is 2.85. The molecule has 2 aliphatic heterocycles. The van der Waals surface area contributed by atoms with Gasteiger partial charge in [-0.15, -0.1) is 0 Å². The number of ether oxygens (including phenoxy) is 1. The molecule has 1 amide bonds. The maximum absolute atomic E-state index is 11.7. The zero-order valence-electron chi connectivity index (χ0n) is 10.3. The Labute approximate surface area is 99.4 Å². The van der Waals surface area contributed by atoms with E-state index in [1.807, 2.05) is 20.8 Å². The molecule has 0 spiro atoms. The molecular formula is C12H15NO4. The van der Waals surface area contributed by atoms with Crippen molar-refractivity contribution in [3.05, 3.63) is 23.1 Å². The summed E-state index contributed by atoms with van der Waals surface area (Å²) in [6.07, 6.45) is 1.11. The summed E-state index contributed by atoms with van der Waals surface area (Å²) < 4.78 is 5.61. The number of carbonyl (C=O) groups excluding carboxylic acids is 1. The van der Waals surface area contributed by atoms with Crippen molar-refractivity contribution in [1.29, 1.82) is 0 Å². The number of rotatable bonds is 1. The third kappa shape index (κ3) is 1.45. The van der Waals surface area contributed by atoms with Gasteiger partial charge in [0.2, 0.25) is 6.23 Å². The predicted molar refractivity (Wildman–Crippen MR) is 59.6 cm³/mol.